The highest BCUT2D eigenvalue weighted by Crippen LogP contribution is 2.34. The smallest absolute Gasteiger partial charge is 0.191 e. The van der Waals surface area contributed by atoms with Gasteiger partial charge in [-0.3, -0.25) is 0 Å². The van der Waals surface area contributed by atoms with Crippen LogP contribution < -0.4 is 0 Å². The van der Waals surface area contributed by atoms with Crippen LogP contribution >= 0.6 is 0 Å². The fourth-order valence-corrected chi connectivity index (χ4v) is 3.10. The van der Waals surface area contributed by atoms with Crippen LogP contribution in [0.25, 0.3) is 39.1 Å². The monoisotopic (exact) mass is 363 g/mol. The van der Waals surface area contributed by atoms with Gasteiger partial charge in [0.15, 0.2) is 23.9 Å². The van der Waals surface area contributed by atoms with E-state index in [-0.39, 0.29) is 11.6 Å². The number of rotatable bonds is 3. The summed E-state index contributed by atoms with van der Waals surface area (Å²) < 4.78 is 33.5. The molecule has 0 unspecified atom stereocenters. The van der Waals surface area contributed by atoms with Crippen LogP contribution in [0.4, 0.5) is 8.78 Å². The number of aromatic nitrogens is 5. The molecule has 0 fully saturated rings. The second kappa shape index (κ2) is 5.94. The summed E-state index contributed by atoms with van der Waals surface area (Å²) in [6, 6.07) is 13.3. The summed E-state index contributed by atoms with van der Waals surface area (Å²) in [5, 5.41) is 18.6. The third-order valence-corrected chi connectivity index (χ3v) is 4.38. The molecule has 0 aliphatic rings. The fourth-order valence-electron chi connectivity index (χ4n) is 3.10. The van der Waals surface area contributed by atoms with Crippen LogP contribution in [0.2, 0.25) is 0 Å². The van der Waals surface area contributed by atoms with E-state index in [4.69, 9.17) is 4.52 Å². The van der Waals surface area contributed by atoms with Gasteiger partial charge in [0.05, 0.1) is 11.8 Å². The maximum Gasteiger partial charge on any atom is 0.191 e. The van der Waals surface area contributed by atoms with Crippen LogP contribution in [-0.4, -0.2) is 25.0 Å². The molecule has 0 spiro atoms. The number of fused-ring (bicyclic) bond motifs is 3. The summed E-state index contributed by atoms with van der Waals surface area (Å²) in [6.45, 7) is -0.869. The second-order valence-corrected chi connectivity index (χ2v) is 5.96. The van der Waals surface area contributed by atoms with Crippen molar-refractivity contribution in [2.75, 3.05) is 0 Å². The van der Waals surface area contributed by atoms with Gasteiger partial charge in [-0.2, -0.15) is 9.61 Å². The Morgan fingerprint density at radius 3 is 2.63 bits per heavy atom. The lowest BCUT2D eigenvalue weighted by Crippen LogP contribution is -1.97. The SMILES string of the molecule is FCc1onc(-c2ccc(F)cc2)c1-c1nnc2c3ccccc3cnn12. The highest BCUT2D eigenvalue weighted by atomic mass is 19.1. The quantitative estimate of drug-likeness (QED) is 0.480. The van der Waals surface area contributed by atoms with Gasteiger partial charge in [-0.15, -0.1) is 10.2 Å². The molecule has 0 atom stereocenters. The molecule has 132 valence electrons. The highest BCUT2D eigenvalue weighted by Gasteiger charge is 2.24. The van der Waals surface area contributed by atoms with Crippen molar-refractivity contribution < 1.29 is 13.3 Å². The largest absolute Gasteiger partial charge is 0.357 e. The minimum absolute atomic E-state index is 0.0126. The van der Waals surface area contributed by atoms with E-state index in [2.05, 4.69) is 20.5 Å². The van der Waals surface area contributed by atoms with Gasteiger partial charge in [-0.05, 0) is 24.3 Å². The van der Waals surface area contributed by atoms with Gasteiger partial charge in [-0.25, -0.2) is 8.78 Å². The van der Waals surface area contributed by atoms with Crippen molar-refractivity contribution in [3.8, 4) is 22.6 Å². The third kappa shape index (κ3) is 2.37. The Bertz CT molecular complexity index is 1280. The number of halogens is 2. The van der Waals surface area contributed by atoms with E-state index < -0.39 is 6.67 Å². The zero-order chi connectivity index (χ0) is 18.4. The molecular weight excluding hydrogens is 352 g/mol. The summed E-state index contributed by atoms with van der Waals surface area (Å²) in [5.41, 5.74) is 1.82. The van der Waals surface area contributed by atoms with Gasteiger partial charge in [0.2, 0.25) is 0 Å². The minimum Gasteiger partial charge on any atom is -0.357 e. The molecule has 0 aliphatic heterocycles. The van der Waals surface area contributed by atoms with Crippen molar-refractivity contribution in [1.29, 1.82) is 0 Å². The van der Waals surface area contributed by atoms with Crippen molar-refractivity contribution in [3.05, 3.63) is 66.3 Å². The normalized spacial score (nSPS) is 11.5. The summed E-state index contributed by atoms with van der Waals surface area (Å²) in [4.78, 5) is 0. The zero-order valence-electron chi connectivity index (χ0n) is 13.8. The second-order valence-electron chi connectivity index (χ2n) is 5.96. The molecule has 8 heteroatoms. The van der Waals surface area contributed by atoms with Crippen molar-refractivity contribution >= 4 is 16.4 Å². The van der Waals surface area contributed by atoms with Crippen LogP contribution in [0, 0.1) is 5.82 Å². The highest BCUT2D eigenvalue weighted by molar-refractivity contribution is 5.94. The molecular formula is C19H11F2N5O. The van der Waals surface area contributed by atoms with Gasteiger partial charge in [-0.1, -0.05) is 29.4 Å². The van der Waals surface area contributed by atoms with Crippen molar-refractivity contribution in [1.82, 2.24) is 25.0 Å². The molecule has 0 N–H and O–H groups in total. The summed E-state index contributed by atoms with van der Waals surface area (Å²) in [6.07, 6.45) is 1.69. The number of hydrogen-bond acceptors (Lipinski definition) is 5. The molecule has 6 nitrogen and oxygen atoms in total. The number of nitrogens with zero attached hydrogens (tertiary/aromatic N) is 5. The van der Waals surface area contributed by atoms with Crippen LogP contribution in [0.3, 0.4) is 0 Å². The molecule has 0 radical (unpaired) electrons. The molecule has 3 aromatic heterocycles. The predicted octanol–water partition coefficient (Wildman–Crippen LogP) is 4.21. The summed E-state index contributed by atoms with van der Waals surface area (Å²) in [5.74, 6) is -0.0573. The van der Waals surface area contributed by atoms with E-state index in [0.29, 0.717) is 28.3 Å². The first-order valence-corrected chi connectivity index (χ1v) is 8.16. The Balaban J connectivity index is 1.78. The molecule has 0 aliphatic carbocycles. The van der Waals surface area contributed by atoms with Gasteiger partial charge >= 0.3 is 0 Å². The van der Waals surface area contributed by atoms with E-state index in [0.717, 1.165) is 10.8 Å². The molecule has 0 saturated carbocycles. The van der Waals surface area contributed by atoms with Crippen LogP contribution in [0.15, 0.2) is 59.3 Å². The van der Waals surface area contributed by atoms with Gasteiger partial charge in [0, 0.05) is 16.3 Å². The maximum absolute atomic E-state index is 13.6. The number of benzene rings is 2. The third-order valence-electron chi connectivity index (χ3n) is 4.38. The first kappa shape index (κ1) is 15.6. The lowest BCUT2D eigenvalue weighted by Gasteiger charge is -2.03. The Kier molecular flexibility index (Phi) is 3.43. The number of hydrogen-bond donors (Lipinski definition) is 0. The average Bonchev–Trinajstić information content (AvgIpc) is 3.32. The maximum atomic E-state index is 13.6. The first-order valence-electron chi connectivity index (χ1n) is 8.16. The Labute approximate surface area is 151 Å². The minimum atomic E-state index is -0.869. The Hall–Kier alpha value is -3.68. The summed E-state index contributed by atoms with van der Waals surface area (Å²) in [7, 11) is 0. The van der Waals surface area contributed by atoms with Crippen molar-refractivity contribution in [3.63, 3.8) is 0 Å². The molecule has 5 aromatic rings. The lowest BCUT2D eigenvalue weighted by molar-refractivity contribution is 0.332. The molecule has 2 aromatic carbocycles. The van der Waals surface area contributed by atoms with E-state index in [1.807, 2.05) is 24.3 Å². The molecule has 0 amide bonds. The fraction of sp³-hybridized carbons (Fsp3) is 0.0526. The van der Waals surface area contributed by atoms with Crippen LogP contribution in [-0.2, 0) is 6.67 Å². The molecule has 0 bridgehead atoms. The number of alkyl halides is 1. The van der Waals surface area contributed by atoms with E-state index >= 15 is 0 Å². The topological polar surface area (TPSA) is 69.1 Å². The predicted molar refractivity (Wildman–Crippen MR) is 94.0 cm³/mol. The van der Waals surface area contributed by atoms with Gasteiger partial charge in [0.25, 0.3) is 0 Å². The van der Waals surface area contributed by atoms with E-state index in [1.54, 1.807) is 18.3 Å². The zero-order valence-corrected chi connectivity index (χ0v) is 13.8. The van der Waals surface area contributed by atoms with Gasteiger partial charge < -0.3 is 4.52 Å². The molecule has 27 heavy (non-hydrogen) atoms. The summed E-state index contributed by atoms with van der Waals surface area (Å²) >= 11 is 0. The Morgan fingerprint density at radius 1 is 1.00 bits per heavy atom. The molecule has 5 rings (SSSR count). The first-order chi connectivity index (χ1) is 13.3. The average molecular weight is 363 g/mol. The van der Waals surface area contributed by atoms with E-state index in [9.17, 15) is 8.78 Å². The van der Waals surface area contributed by atoms with E-state index in [1.165, 1.54) is 16.6 Å². The van der Waals surface area contributed by atoms with Crippen LogP contribution in [0.5, 0.6) is 0 Å². The standard InChI is InChI=1S/C19H11F2N5O/c20-9-15-16(17(25-27-15)11-5-7-13(21)8-6-11)19-24-23-18-14-4-2-1-3-12(14)10-22-26(18)19/h1-8,10H,9H2. The van der Waals surface area contributed by atoms with Crippen LogP contribution in [0.1, 0.15) is 5.76 Å². The Morgan fingerprint density at radius 2 is 1.81 bits per heavy atom. The molecule has 0 saturated heterocycles. The molecule has 3 heterocycles. The lowest BCUT2D eigenvalue weighted by atomic mass is 10.1. The van der Waals surface area contributed by atoms with Crippen molar-refractivity contribution in [2.24, 2.45) is 0 Å². The van der Waals surface area contributed by atoms with Gasteiger partial charge in [0.1, 0.15) is 11.5 Å². The van der Waals surface area contributed by atoms with Crippen molar-refractivity contribution in [2.45, 2.75) is 6.67 Å².